The molecule has 2 heterocycles. The molecule has 2 aliphatic rings. The molecule has 0 saturated carbocycles. The van der Waals surface area contributed by atoms with E-state index in [9.17, 15) is 31.8 Å². The molecule has 5 aromatic carbocycles. The Morgan fingerprint density at radius 2 is 1.23 bits per heavy atom. The third kappa shape index (κ3) is 7.71. The van der Waals surface area contributed by atoms with E-state index in [1.807, 2.05) is 60.7 Å². The van der Waals surface area contributed by atoms with Crippen LogP contribution < -0.4 is 10.6 Å². The smallest absolute Gasteiger partial charge is 0.259 e. The van der Waals surface area contributed by atoms with Gasteiger partial charge in [0, 0.05) is 44.0 Å². The molecule has 1 fully saturated rings. The van der Waals surface area contributed by atoms with E-state index in [4.69, 9.17) is 0 Å². The summed E-state index contributed by atoms with van der Waals surface area (Å²) in [7, 11) is -7.96. The Morgan fingerprint density at radius 1 is 0.660 bits per heavy atom. The number of piperidine rings is 1. The van der Waals surface area contributed by atoms with Crippen molar-refractivity contribution in [2.75, 3.05) is 25.0 Å². The van der Waals surface area contributed by atoms with Gasteiger partial charge in [-0.05, 0) is 71.8 Å². The van der Waals surface area contributed by atoms with Crippen LogP contribution in [0.4, 0.5) is 5.69 Å². The molecular formula is C40H40N4O7S2. The van der Waals surface area contributed by atoms with E-state index in [0.29, 0.717) is 32.4 Å². The van der Waals surface area contributed by atoms with Gasteiger partial charge in [0.1, 0.15) is 0 Å². The number of nitrogens with zero attached hydrogens (tertiary/aromatic N) is 2. The largest absolute Gasteiger partial charge is 0.504 e. The molecule has 4 N–H and O–H groups in total. The number of phenols is 2. The van der Waals surface area contributed by atoms with Gasteiger partial charge in [-0.3, -0.25) is 4.79 Å². The Kier molecular flexibility index (Phi) is 10.4. The highest BCUT2D eigenvalue weighted by Crippen LogP contribution is 2.35. The zero-order valence-corrected chi connectivity index (χ0v) is 30.4. The summed E-state index contributed by atoms with van der Waals surface area (Å²) in [5, 5.41) is 27.3. The van der Waals surface area contributed by atoms with Crippen LogP contribution in [0.15, 0.2) is 131 Å². The summed E-state index contributed by atoms with van der Waals surface area (Å²) in [4.78, 5) is 13.0. The minimum atomic E-state index is -4.13. The minimum absolute atomic E-state index is 0.0288. The molecule has 0 aliphatic carbocycles. The number of carbonyl (C=O) groups excluding carboxylic acids is 1. The molecule has 0 spiro atoms. The van der Waals surface area contributed by atoms with Gasteiger partial charge >= 0.3 is 0 Å². The molecule has 53 heavy (non-hydrogen) atoms. The first kappa shape index (κ1) is 36.3. The zero-order valence-electron chi connectivity index (χ0n) is 28.8. The maximum absolute atomic E-state index is 13.6. The van der Waals surface area contributed by atoms with E-state index >= 15 is 0 Å². The number of sulfonamides is 2. The summed E-state index contributed by atoms with van der Waals surface area (Å²) >= 11 is 0. The van der Waals surface area contributed by atoms with Gasteiger partial charge in [0.15, 0.2) is 11.5 Å². The minimum Gasteiger partial charge on any atom is -0.504 e. The summed E-state index contributed by atoms with van der Waals surface area (Å²) < 4.78 is 57.1. The molecule has 7 rings (SSSR count). The van der Waals surface area contributed by atoms with Crippen LogP contribution >= 0.6 is 0 Å². The molecule has 0 aromatic heterocycles. The maximum atomic E-state index is 13.6. The Balaban J connectivity index is 1.00. The third-order valence-electron chi connectivity index (χ3n) is 9.91. The molecule has 0 atom stereocenters. The van der Waals surface area contributed by atoms with E-state index in [2.05, 4.69) is 34.9 Å². The topological polar surface area (TPSA) is 156 Å². The summed E-state index contributed by atoms with van der Waals surface area (Å²) in [6, 6.07) is 35.5. The number of hydrogen-bond acceptors (Lipinski definition) is 8. The summed E-state index contributed by atoms with van der Waals surface area (Å²) in [5.74, 6) is -2.42. The van der Waals surface area contributed by atoms with Gasteiger partial charge in [0.2, 0.25) is 20.0 Å². The second-order valence-electron chi connectivity index (χ2n) is 13.3. The van der Waals surface area contributed by atoms with E-state index in [-0.39, 0.29) is 40.7 Å². The second kappa shape index (κ2) is 15.1. The monoisotopic (exact) mass is 752 g/mol. The lowest BCUT2D eigenvalue weighted by Gasteiger charge is -2.34. The van der Waals surface area contributed by atoms with Crippen molar-refractivity contribution < 1.29 is 31.8 Å². The van der Waals surface area contributed by atoms with Crippen LogP contribution in [-0.2, 0) is 33.0 Å². The second-order valence-corrected chi connectivity index (χ2v) is 17.1. The van der Waals surface area contributed by atoms with E-state index < -0.39 is 43.0 Å². The lowest BCUT2D eigenvalue weighted by molar-refractivity contribution is 0.102. The van der Waals surface area contributed by atoms with Crippen molar-refractivity contribution in [3.05, 3.63) is 149 Å². The average Bonchev–Trinajstić information content (AvgIpc) is 3.18. The molecule has 11 nitrogen and oxygen atoms in total. The van der Waals surface area contributed by atoms with Gasteiger partial charge in [-0.15, -0.1) is 0 Å². The Hall–Kier alpha value is -5.05. The first-order chi connectivity index (χ1) is 25.5. The summed E-state index contributed by atoms with van der Waals surface area (Å²) in [6.07, 6.45) is 1.76. The highest BCUT2D eigenvalue weighted by molar-refractivity contribution is 7.89. The van der Waals surface area contributed by atoms with Crippen molar-refractivity contribution in [2.45, 2.75) is 47.7 Å². The molecule has 0 bridgehead atoms. The van der Waals surface area contributed by atoms with E-state index in [0.717, 1.165) is 34.4 Å². The molecule has 2 aliphatic heterocycles. The Labute approximate surface area is 309 Å². The fourth-order valence-corrected chi connectivity index (χ4v) is 9.91. The molecule has 13 heteroatoms. The fraction of sp³-hybridized carbons (Fsp3) is 0.225. The number of hydrogen-bond donors (Lipinski definition) is 4. The lowest BCUT2D eigenvalue weighted by atomic mass is 9.96. The van der Waals surface area contributed by atoms with E-state index in [1.165, 1.54) is 32.9 Å². The van der Waals surface area contributed by atoms with E-state index in [1.54, 1.807) is 0 Å². The van der Waals surface area contributed by atoms with Crippen LogP contribution in [0.1, 0.15) is 51.5 Å². The number of anilines is 1. The van der Waals surface area contributed by atoms with Crippen LogP contribution in [0.5, 0.6) is 11.5 Å². The van der Waals surface area contributed by atoms with Gasteiger partial charge in [-0.25, -0.2) is 16.8 Å². The van der Waals surface area contributed by atoms with Gasteiger partial charge in [-0.2, -0.15) is 8.61 Å². The number of carbonyl (C=O) groups is 1. The highest BCUT2D eigenvalue weighted by atomic mass is 32.2. The van der Waals surface area contributed by atoms with Crippen molar-refractivity contribution in [2.24, 2.45) is 0 Å². The normalized spacial score (nSPS) is 15.9. The predicted molar refractivity (Wildman–Crippen MR) is 202 cm³/mol. The fourth-order valence-electron chi connectivity index (χ4n) is 6.97. The molecule has 1 amide bonds. The Morgan fingerprint density at radius 3 is 1.85 bits per heavy atom. The first-order valence-corrected chi connectivity index (χ1v) is 20.3. The van der Waals surface area contributed by atoms with Gasteiger partial charge in [-0.1, -0.05) is 84.9 Å². The highest BCUT2D eigenvalue weighted by Gasteiger charge is 2.32. The Bertz CT molecular complexity index is 2280. The van der Waals surface area contributed by atoms with Crippen molar-refractivity contribution in [1.82, 2.24) is 13.9 Å². The number of fused-ring (bicyclic) bond motifs is 1. The third-order valence-corrected chi connectivity index (χ3v) is 13.6. The number of benzene rings is 5. The standard InChI is InChI=1S/C40H40N4O7S2/c45-37-26-35(53(50,51)44-22-19-28-9-7-8-14-31(28)27-44)25-36(39(37)46)40(47)42-32-15-17-34(18-16-32)52(48,49)43-23-20-33(21-24-43)41-38(29-10-3-1-4-11-29)30-12-5-2-6-13-30/h1-18,25-26,33,38,41,45-46H,19-24,27H2,(H,42,47). The quantitative estimate of drug-likeness (QED) is 0.134. The van der Waals surface area contributed by atoms with Gasteiger partial charge in [0.25, 0.3) is 5.91 Å². The van der Waals surface area contributed by atoms with Crippen LogP contribution in [-0.4, -0.2) is 67.2 Å². The predicted octanol–water partition coefficient (Wildman–Crippen LogP) is 5.63. The summed E-state index contributed by atoms with van der Waals surface area (Å²) in [6.45, 7) is 1.02. The average molecular weight is 753 g/mol. The number of rotatable bonds is 10. The molecule has 1 saturated heterocycles. The molecule has 274 valence electrons. The van der Waals surface area contributed by atoms with Crippen LogP contribution in [0.2, 0.25) is 0 Å². The lowest BCUT2D eigenvalue weighted by Crippen LogP contribution is -2.45. The van der Waals surface area contributed by atoms with Crippen LogP contribution in [0.3, 0.4) is 0 Å². The van der Waals surface area contributed by atoms with Crippen molar-refractivity contribution in [3.63, 3.8) is 0 Å². The number of nitrogens with one attached hydrogen (secondary N) is 2. The number of amides is 1. The van der Waals surface area contributed by atoms with Crippen molar-refractivity contribution >= 4 is 31.6 Å². The molecule has 5 aromatic rings. The zero-order chi connectivity index (χ0) is 37.2. The SMILES string of the molecule is O=C(Nc1ccc(S(=O)(=O)N2CCC(NC(c3ccccc3)c3ccccc3)CC2)cc1)c1cc(S(=O)(=O)N2CCc3ccccc3C2)cc(O)c1O. The van der Waals surface area contributed by atoms with Gasteiger partial charge < -0.3 is 20.8 Å². The maximum Gasteiger partial charge on any atom is 0.259 e. The van der Waals surface area contributed by atoms with Crippen LogP contribution in [0.25, 0.3) is 0 Å². The summed E-state index contributed by atoms with van der Waals surface area (Å²) in [5.41, 5.74) is 3.95. The van der Waals surface area contributed by atoms with Crippen molar-refractivity contribution in [3.8, 4) is 11.5 Å². The van der Waals surface area contributed by atoms with Crippen molar-refractivity contribution in [1.29, 1.82) is 0 Å². The molecule has 0 unspecified atom stereocenters. The molecular weight excluding hydrogens is 713 g/mol. The molecule has 0 radical (unpaired) electrons. The van der Waals surface area contributed by atoms with Crippen LogP contribution in [0, 0.1) is 0 Å². The number of aromatic hydroxyl groups is 2. The van der Waals surface area contributed by atoms with Gasteiger partial charge in [0.05, 0.1) is 21.4 Å². The first-order valence-electron chi connectivity index (χ1n) is 17.4. The number of phenolic OH excluding ortho intramolecular Hbond substituents is 2.